The van der Waals surface area contributed by atoms with E-state index < -0.39 is 7.12 Å². The molecule has 5 nitrogen and oxygen atoms in total. The number of unbranched alkanes of at least 4 members (excludes halogenated alkanes) is 1. The van der Waals surface area contributed by atoms with Crippen LogP contribution in [0, 0.1) is 0 Å². The van der Waals surface area contributed by atoms with Crippen LogP contribution in [0.5, 0.6) is 5.75 Å². The van der Waals surface area contributed by atoms with Gasteiger partial charge in [-0.25, -0.2) is 0 Å². The van der Waals surface area contributed by atoms with Gasteiger partial charge in [0.2, 0.25) is 0 Å². The first-order valence-corrected chi connectivity index (χ1v) is 10.4. The van der Waals surface area contributed by atoms with Crippen LogP contribution in [0.4, 0.5) is 0 Å². The van der Waals surface area contributed by atoms with E-state index in [9.17, 15) is 0 Å². The lowest BCUT2D eigenvalue weighted by Crippen LogP contribution is -2.28. The number of hydrogen-bond acceptors (Lipinski definition) is 5. The van der Waals surface area contributed by atoms with Crippen molar-refractivity contribution >= 4 is 7.12 Å². The highest BCUT2D eigenvalue weighted by atomic mass is 16.5. The zero-order valence-corrected chi connectivity index (χ0v) is 17.4. The minimum absolute atomic E-state index is 0.171. The van der Waals surface area contributed by atoms with E-state index in [0.717, 1.165) is 44.5 Å². The van der Waals surface area contributed by atoms with Crippen LogP contribution in [0.2, 0.25) is 6.32 Å². The van der Waals surface area contributed by atoms with Crippen molar-refractivity contribution in [1.29, 1.82) is 0 Å². The van der Waals surface area contributed by atoms with Crippen LogP contribution in [-0.4, -0.2) is 47.8 Å². The van der Waals surface area contributed by atoms with Gasteiger partial charge >= 0.3 is 7.12 Å². The number of ether oxygens (including phenoxy) is 1. The molecule has 1 aliphatic carbocycles. The summed E-state index contributed by atoms with van der Waals surface area (Å²) in [5, 5.41) is 17.6. The Morgan fingerprint density at radius 2 is 1.70 bits per heavy atom. The molecule has 0 amide bonds. The summed E-state index contributed by atoms with van der Waals surface area (Å²) >= 11 is 0. The first-order chi connectivity index (χ1) is 12.9. The highest BCUT2D eigenvalue weighted by Crippen LogP contribution is 2.15. The van der Waals surface area contributed by atoms with Crippen molar-refractivity contribution in [3.05, 3.63) is 29.8 Å². The third-order valence-electron chi connectivity index (χ3n) is 4.27. The van der Waals surface area contributed by atoms with Gasteiger partial charge in [0.15, 0.2) is 0 Å². The fourth-order valence-corrected chi connectivity index (χ4v) is 2.60. The van der Waals surface area contributed by atoms with Gasteiger partial charge in [-0.2, -0.15) is 0 Å². The molecule has 1 aromatic carbocycles. The van der Waals surface area contributed by atoms with Gasteiger partial charge in [0.25, 0.3) is 0 Å². The lowest BCUT2D eigenvalue weighted by molar-refractivity contribution is 0.242. The zero-order valence-electron chi connectivity index (χ0n) is 17.4. The molecule has 1 atom stereocenters. The maximum Gasteiger partial charge on any atom is 0.451 e. The maximum absolute atomic E-state index is 8.80. The summed E-state index contributed by atoms with van der Waals surface area (Å²) in [7, 11) is 0.914. The molecule has 27 heavy (non-hydrogen) atoms. The van der Waals surface area contributed by atoms with Crippen LogP contribution in [0.25, 0.3) is 0 Å². The first-order valence-electron chi connectivity index (χ1n) is 10.4. The van der Waals surface area contributed by atoms with Crippen LogP contribution < -0.4 is 10.5 Å². The monoisotopic (exact) mass is 378 g/mol. The molecule has 0 heterocycles. The summed E-state index contributed by atoms with van der Waals surface area (Å²) in [4.78, 5) is 2.27. The molecule has 0 aliphatic heterocycles. The minimum atomic E-state index is -1.19. The molecule has 1 aliphatic rings. The molecule has 0 bridgehead atoms. The van der Waals surface area contributed by atoms with Crippen molar-refractivity contribution in [2.45, 2.75) is 83.8 Å². The lowest BCUT2D eigenvalue weighted by atomic mass is 9.83. The number of benzene rings is 1. The summed E-state index contributed by atoms with van der Waals surface area (Å²) in [5.41, 5.74) is 7.39. The molecule has 154 valence electrons. The number of nitrogens with two attached hydrogens (primary N) is 1. The summed E-state index contributed by atoms with van der Waals surface area (Å²) in [6.07, 6.45) is 8.77. The second kappa shape index (κ2) is 14.0. The Morgan fingerprint density at radius 3 is 2.22 bits per heavy atom. The maximum atomic E-state index is 8.80. The highest BCUT2D eigenvalue weighted by molar-refractivity contribution is 6.40. The van der Waals surface area contributed by atoms with E-state index >= 15 is 0 Å². The molecule has 1 saturated carbocycles. The summed E-state index contributed by atoms with van der Waals surface area (Å²) < 4.78 is 5.65. The van der Waals surface area contributed by atoms with Crippen molar-refractivity contribution in [3.8, 4) is 5.75 Å². The molecular weight excluding hydrogens is 339 g/mol. The standard InChI is InChI=1S/C18H33BN2O3.C3H6/c1-15(2)24-18-9-7-16(8-10-18)14-21(3)13-11-17(20)6-4-5-12-19(22)23;1-2-3-1/h7-10,15,17,22-23H,4-6,11-14,20H2,1-3H3;1-3H2. The Morgan fingerprint density at radius 1 is 1.07 bits per heavy atom. The second-order valence-electron chi connectivity index (χ2n) is 7.92. The van der Waals surface area contributed by atoms with Crippen molar-refractivity contribution in [3.63, 3.8) is 0 Å². The van der Waals surface area contributed by atoms with E-state index in [1.807, 2.05) is 26.0 Å². The average Bonchev–Trinajstić information content (AvgIpc) is 3.47. The predicted octanol–water partition coefficient (Wildman–Crippen LogP) is 3.44. The molecule has 4 N–H and O–H groups in total. The van der Waals surface area contributed by atoms with Gasteiger partial charge in [0, 0.05) is 12.6 Å². The van der Waals surface area contributed by atoms with Crippen molar-refractivity contribution in [2.24, 2.45) is 5.73 Å². The Balaban J connectivity index is 0.00000110. The molecule has 1 fully saturated rings. The Hall–Kier alpha value is -1.08. The van der Waals surface area contributed by atoms with Gasteiger partial charge < -0.3 is 25.4 Å². The van der Waals surface area contributed by atoms with Gasteiger partial charge in [0.1, 0.15) is 5.75 Å². The smallest absolute Gasteiger partial charge is 0.451 e. The van der Waals surface area contributed by atoms with E-state index in [4.69, 9.17) is 20.5 Å². The van der Waals surface area contributed by atoms with E-state index in [1.54, 1.807) is 0 Å². The summed E-state index contributed by atoms with van der Waals surface area (Å²) in [6, 6.07) is 8.42. The highest BCUT2D eigenvalue weighted by Gasteiger charge is 2.09. The van der Waals surface area contributed by atoms with E-state index in [1.165, 1.54) is 24.8 Å². The normalized spacial score (nSPS) is 13.9. The van der Waals surface area contributed by atoms with Crippen molar-refractivity contribution < 1.29 is 14.8 Å². The first kappa shape index (κ1) is 24.0. The Kier molecular flexibility index (Phi) is 12.4. The largest absolute Gasteiger partial charge is 0.491 e. The topological polar surface area (TPSA) is 79.0 Å². The predicted molar refractivity (Wildman–Crippen MR) is 114 cm³/mol. The molecule has 0 spiro atoms. The molecule has 2 rings (SSSR count). The van der Waals surface area contributed by atoms with Crippen molar-refractivity contribution in [2.75, 3.05) is 13.6 Å². The van der Waals surface area contributed by atoms with Crippen LogP contribution in [0.1, 0.15) is 64.4 Å². The third kappa shape index (κ3) is 14.6. The Labute approximate surface area is 166 Å². The quantitative estimate of drug-likeness (QED) is 0.384. The third-order valence-corrected chi connectivity index (χ3v) is 4.27. The number of rotatable bonds is 12. The average molecular weight is 378 g/mol. The Bertz CT molecular complexity index is 478. The number of hydrogen-bond donors (Lipinski definition) is 3. The van der Waals surface area contributed by atoms with Gasteiger partial charge in [-0.1, -0.05) is 44.2 Å². The molecule has 0 saturated heterocycles. The number of nitrogens with zero attached hydrogens (tertiary/aromatic N) is 1. The molecule has 1 aromatic rings. The second-order valence-corrected chi connectivity index (χ2v) is 7.92. The fraction of sp³-hybridized carbons (Fsp3) is 0.714. The molecule has 1 unspecified atom stereocenters. The molecule has 6 heteroatoms. The fourth-order valence-electron chi connectivity index (χ4n) is 2.60. The van der Waals surface area contributed by atoms with Gasteiger partial charge in [-0.15, -0.1) is 0 Å². The molecule has 0 aromatic heterocycles. The van der Waals surface area contributed by atoms with Crippen LogP contribution >= 0.6 is 0 Å². The summed E-state index contributed by atoms with van der Waals surface area (Å²) in [6.45, 7) is 5.90. The van der Waals surface area contributed by atoms with Gasteiger partial charge in [-0.3, -0.25) is 0 Å². The molecule has 0 radical (unpaired) electrons. The lowest BCUT2D eigenvalue weighted by Gasteiger charge is -2.20. The van der Waals surface area contributed by atoms with Crippen LogP contribution in [0.15, 0.2) is 24.3 Å². The zero-order chi connectivity index (χ0) is 20.1. The van der Waals surface area contributed by atoms with Gasteiger partial charge in [0.05, 0.1) is 6.10 Å². The van der Waals surface area contributed by atoms with Gasteiger partial charge in [-0.05, 0) is 64.3 Å². The SMILES string of the molecule is C1CC1.CC(C)Oc1ccc(CN(C)CCC(N)CCCCB(O)O)cc1. The summed E-state index contributed by atoms with van der Waals surface area (Å²) in [5.74, 6) is 0.909. The minimum Gasteiger partial charge on any atom is -0.491 e. The molecular formula is C21H39BN2O3. The van der Waals surface area contributed by atoms with Crippen LogP contribution in [0.3, 0.4) is 0 Å². The van der Waals surface area contributed by atoms with Crippen LogP contribution in [-0.2, 0) is 6.54 Å². The van der Waals surface area contributed by atoms with E-state index in [2.05, 4.69) is 24.1 Å². The van der Waals surface area contributed by atoms with Crippen molar-refractivity contribution in [1.82, 2.24) is 4.90 Å². The van der Waals surface area contributed by atoms with E-state index in [-0.39, 0.29) is 12.1 Å². The van der Waals surface area contributed by atoms with E-state index in [0.29, 0.717) is 6.32 Å².